The summed E-state index contributed by atoms with van der Waals surface area (Å²) in [7, 11) is 0. The highest BCUT2D eigenvalue weighted by Crippen LogP contribution is 2.19. The summed E-state index contributed by atoms with van der Waals surface area (Å²) >= 11 is 0. The Balaban J connectivity index is 1.76. The zero-order chi connectivity index (χ0) is 19.6. The molecular formula is C19H19N3O5. The van der Waals surface area contributed by atoms with Gasteiger partial charge in [-0.1, -0.05) is 17.7 Å². The van der Waals surface area contributed by atoms with Gasteiger partial charge >= 0.3 is 0 Å². The van der Waals surface area contributed by atoms with E-state index in [1.807, 2.05) is 32.0 Å². The first kappa shape index (κ1) is 18.5. The third kappa shape index (κ3) is 4.12. The highest BCUT2D eigenvalue weighted by molar-refractivity contribution is 5.79. The molecule has 3 rings (SSSR count). The monoisotopic (exact) mass is 369 g/mol. The molecule has 0 spiro atoms. The van der Waals surface area contributed by atoms with Gasteiger partial charge in [-0.25, -0.2) is 4.98 Å². The number of fused-ring (bicyclic) bond motifs is 1. The van der Waals surface area contributed by atoms with Crippen LogP contribution in [-0.4, -0.2) is 32.3 Å². The quantitative estimate of drug-likeness (QED) is 0.528. The number of nitro benzene ring substituents is 1. The van der Waals surface area contributed by atoms with Crippen molar-refractivity contribution in [3.63, 3.8) is 0 Å². The van der Waals surface area contributed by atoms with Crippen molar-refractivity contribution in [3.8, 4) is 5.75 Å². The molecule has 0 saturated carbocycles. The Bertz CT molecular complexity index is 1060. The van der Waals surface area contributed by atoms with E-state index in [9.17, 15) is 20.0 Å². The highest BCUT2D eigenvalue weighted by atomic mass is 16.6. The Kier molecular flexibility index (Phi) is 5.18. The first-order valence-electron chi connectivity index (χ1n) is 8.37. The molecule has 1 unspecified atom stereocenters. The zero-order valence-corrected chi connectivity index (χ0v) is 15.0. The predicted octanol–water partition coefficient (Wildman–Crippen LogP) is 2.36. The van der Waals surface area contributed by atoms with Gasteiger partial charge in [0.1, 0.15) is 18.5 Å². The fourth-order valence-electron chi connectivity index (χ4n) is 2.82. The molecule has 0 amide bonds. The van der Waals surface area contributed by atoms with Gasteiger partial charge in [0.15, 0.2) is 0 Å². The lowest BCUT2D eigenvalue weighted by atomic mass is 10.1. The van der Waals surface area contributed by atoms with E-state index in [1.165, 1.54) is 29.1 Å². The van der Waals surface area contributed by atoms with Gasteiger partial charge in [0.05, 0.1) is 28.7 Å². The summed E-state index contributed by atoms with van der Waals surface area (Å²) in [6.07, 6.45) is 0.373. The summed E-state index contributed by atoms with van der Waals surface area (Å²) in [6.45, 7) is 3.87. The fraction of sp³-hybridized carbons (Fsp3) is 0.263. The average Bonchev–Trinajstić information content (AvgIpc) is 2.63. The number of ether oxygens (including phenoxy) is 1. The molecule has 8 nitrogen and oxygen atoms in total. The van der Waals surface area contributed by atoms with Gasteiger partial charge in [0.2, 0.25) is 0 Å². The minimum Gasteiger partial charge on any atom is -0.491 e. The van der Waals surface area contributed by atoms with Crippen molar-refractivity contribution in [2.45, 2.75) is 26.5 Å². The Hall–Kier alpha value is -3.26. The predicted molar refractivity (Wildman–Crippen MR) is 100 cm³/mol. The molecule has 0 aliphatic carbocycles. The lowest BCUT2D eigenvalue weighted by Crippen LogP contribution is -2.30. The van der Waals surface area contributed by atoms with Gasteiger partial charge in [-0.3, -0.25) is 19.5 Å². The maximum absolute atomic E-state index is 12.6. The molecular weight excluding hydrogens is 350 g/mol. The number of non-ortho nitro benzene ring substituents is 1. The van der Waals surface area contributed by atoms with Gasteiger partial charge in [-0.2, -0.15) is 0 Å². The third-order valence-corrected chi connectivity index (χ3v) is 4.19. The van der Waals surface area contributed by atoms with Crippen LogP contribution in [0.5, 0.6) is 5.75 Å². The van der Waals surface area contributed by atoms with E-state index in [4.69, 9.17) is 4.74 Å². The molecule has 0 aliphatic rings. The molecule has 0 fully saturated rings. The molecule has 8 heteroatoms. The molecule has 27 heavy (non-hydrogen) atoms. The summed E-state index contributed by atoms with van der Waals surface area (Å²) in [4.78, 5) is 27.0. The van der Waals surface area contributed by atoms with Crippen LogP contribution >= 0.6 is 0 Å². The number of hydrogen-bond donors (Lipinski definition) is 1. The van der Waals surface area contributed by atoms with Gasteiger partial charge in [0.25, 0.3) is 11.2 Å². The second kappa shape index (κ2) is 7.55. The normalized spacial score (nSPS) is 12.1. The molecule has 1 N–H and O–H groups in total. The smallest absolute Gasteiger partial charge is 0.270 e. The summed E-state index contributed by atoms with van der Waals surface area (Å²) in [5.41, 5.74) is 1.80. The van der Waals surface area contributed by atoms with Crippen LogP contribution in [-0.2, 0) is 6.54 Å². The first-order chi connectivity index (χ1) is 12.8. The van der Waals surface area contributed by atoms with Crippen LogP contribution in [0.3, 0.4) is 0 Å². The third-order valence-electron chi connectivity index (χ3n) is 4.19. The van der Waals surface area contributed by atoms with Gasteiger partial charge in [-0.15, -0.1) is 0 Å². The Morgan fingerprint density at radius 3 is 2.74 bits per heavy atom. The van der Waals surface area contributed by atoms with Crippen molar-refractivity contribution in [2.24, 2.45) is 0 Å². The molecule has 0 aliphatic heterocycles. The molecule has 2 aromatic carbocycles. The van der Waals surface area contributed by atoms with Crippen LogP contribution in [0.25, 0.3) is 10.9 Å². The van der Waals surface area contributed by atoms with Crippen molar-refractivity contribution >= 4 is 16.6 Å². The van der Waals surface area contributed by atoms with Crippen LogP contribution in [0, 0.1) is 24.0 Å². The molecule has 3 aromatic rings. The van der Waals surface area contributed by atoms with E-state index in [1.54, 1.807) is 0 Å². The van der Waals surface area contributed by atoms with Crippen LogP contribution in [0.4, 0.5) is 5.69 Å². The second-order valence-corrected chi connectivity index (χ2v) is 6.39. The fourth-order valence-corrected chi connectivity index (χ4v) is 2.82. The van der Waals surface area contributed by atoms with Crippen LogP contribution < -0.4 is 10.3 Å². The largest absolute Gasteiger partial charge is 0.491 e. The number of aliphatic hydroxyl groups is 1. The highest BCUT2D eigenvalue weighted by Gasteiger charge is 2.13. The number of aliphatic hydroxyl groups excluding tert-OH is 1. The van der Waals surface area contributed by atoms with Crippen LogP contribution in [0.15, 0.2) is 47.5 Å². The minimum absolute atomic E-state index is 0.00329. The van der Waals surface area contributed by atoms with E-state index in [-0.39, 0.29) is 24.2 Å². The van der Waals surface area contributed by atoms with E-state index in [2.05, 4.69) is 4.98 Å². The molecule has 140 valence electrons. The number of benzene rings is 2. The van der Waals surface area contributed by atoms with Crippen LogP contribution in [0.2, 0.25) is 0 Å². The van der Waals surface area contributed by atoms with Crippen LogP contribution in [0.1, 0.15) is 11.1 Å². The summed E-state index contributed by atoms with van der Waals surface area (Å²) in [6, 6.07) is 9.65. The van der Waals surface area contributed by atoms with E-state index < -0.39 is 16.6 Å². The van der Waals surface area contributed by atoms with Gasteiger partial charge < -0.3 is 9.84 Å². The number of aromatic nitrogens is 2. The molecule has 0 bridgehead atoms. The Morgan fingerprint density at radius 1 is 1.26 bits per heavy atom. The lowest BCUT2D eigenvalue weighted by molar-refractivity contribution is -0.384. The minimum atomic E-state index is -0.943. The maximum atomic E-state index is 12.6. The van der Waals surface area contributed by atoms with E-state index in [0.717, 1.165) is 11.1 Å². The summed E-state index contributed by atoms with van der Waals surface area (Å²) in [5, 5.41) is 21.3. The maximum Gasteiger partial charge on any atom is 0.270 e. The lowest BCUT2D eigenvalue weighted by Gasteiger charge is -2.15. The topological polar surface area (TPSA) is 107 Å². The molecule has 0 saturated heterocycles. The number of nitrogens with zero attached hydrogens (tertiary/aromatic N) is 3. The van der Waals surface area contributed by atoms with Crippen molar-refractivity contribution in [3.05, 3.63) is 74.3 Å². The summed E-state index contributed by atoms with van der Waals surface area (Å²) in [5.74, 6) is 0.666. The van der Waals surface area contributed by atoms with Crippen molar-refractivity contribution < 1.29 is 14.8 Å². The number of hydrogen-bond acceptors (Lipinski definition) is 6. The number of rotatable bonds is 6. The standard InChI is InChI=1S/C19H19N3O5/c1-12-3-6-18(13(2)7-12)27-10-15(23)9-21-11-20-17-5-4-14(22(25)26)8-16(17)19(21)24/h3-8,11,15,23H,9-10H2,1-2H3. The van der Waals surface area contributed by atoms with Crippen molar-refractivity contribution in [1.29, 1.82) is 0 Å². The molecule has 0 radical (unpaired) electrons. The zero-order valence-electron chi connectivity index (χ0n) is 15.0. The van der Waals surface area contributed by atoms with E-state index in [0.29, 0.717) is 11.3 Å². The molecule has 1 heterocycles. The van der Waals surface area contributed by atoms with Crippen molar-refractivity contribution in [2.75, 3.05) is 6.61 Å². The summed E-state index contributed by atoms with van der Waals surface area (Å²) < 4.78 is 6.85. The SMILES string of the molecule is Cc1ccc(OCC(O)Cn2cnc3ccc([N+](=O)[O-])cc3c2=O)c(C)c1. The van der Waals surface area contributed by atoms with Gasteiger partial charge in [0, 0.05) is 12.1 Å². The van der Waals surface area contributed by atoms with Crippen molar-refractivity contribution in [1.82, 2.24) is 9.55 Å². The average molecular weight is 369 g/mol. The first-order valence-corrected chi connectivity index (χ1v) is 8.37. The van der Waals surface area contributed by atoms with Gasteiger partial charge in [-0.05, 0) is 31.5 Å². The molecule has 1 aromatic heterocycles. The number of aryl methyl sites for hydroxylation is 2. The van der Waals surface area contributed by atoms with E-state index >= 15 is 0 Å². The second-order valence-electron chi connectivity index (χ2n) is 6.39. The molecule has 1 atom stereocenters. The Morgan fingerprint density at radius 2 is 2.04 bits per heavy atom. The number of nitro groups is 1. The Labute approximate surface area is 154 Å².